The van der Waals surface area contributed by atoms with Crippen molar-refractivity contribution in [2.45, 2.75) is 58.7 Å². The number of piperidine rings is 1. The highest BCUT2D eigenvalue weighted by atomic mass is 79.9. The zero-order valence-electron chi connectivity index (χ0n) is 19.6. The van der Waals surface area contributed by atoms with E-state index in [0.717, 1.165) is 28.6 Å². The summed E-state index contributed by atoms with van der Waals surface area (Å²) in [7, 11) is 0. The molecule has 2 aliphatic heterocycles. The topological polar surface area (TPSA) is 52.7 Å². The number of amides is 2. The predicted molar refractivity (Wildman–Crippen MR) is 135 cm³/mol. The normalized spacial score (nSPS) is 18.6. The summed E-state index contributed by atoms with van der Waals surface area (Å²) in [6.07, 6.45) is 4.83. The lowest BCUT2D eigenvalue weighted by Crippen LogP contribution is -2.43. The van der Waals surface area contributed by atoms with Gasteiger partial charge in [0, 0.05) is 47.8 Å². The molecule has 33 heavy (non-hydrogen) atoms. The smallest absolute Gasteiger partial charge is 0.254 e. The van der Waals surface area contributed by atoms with Gasteiger partial charge in [0.1, 0.15) is 0 Å². The maximum atomic E-state index is 13.0. The molecule has 2 aromatic carbocycles. The molecule has 2 aromatic rings. The first kappa shape index (κ1) is 24.0. The van der Waals surface area contributed by atoms with Crippen molar-refractivity contribution in [2.24, 2.45) is 5.92 Å². The maximum absolute atomic E-state index is 13.0. The van der Waals surface area contributed by atoms with Crippen LogP contribution < -0.4 is 5.32 Å². The molecule has 0 aliphatic carbocycles. The van der Waals surface area contributed by atoms with Gasteiger partial charge < -0.3 is 15.1 Å². The van der Waals surface area contributed by atoms with Crippen LogP contribution in [-0.4, -0.2) is 47.3 Å². The standard InChI is InChI=1S/C27H34BrN3O2/c1-19(2)25-9-3-4-13-30(25)14-6-12-29-26(32)21-10-11-22-18-31(27(33)24(22)16-21)17-20-7-5-8-23(28)15-20/h5,7-8,10-11,15-16,19,25H,3-4,6,9,12-14,17-18H2,1-2H3,(H,29,32). The molecule has 2 amide bonds. The summed E-state index contributed by atoms with van der Waals surface area (Å²) in [5.74, 6) is 0.561. The second-order valence-electron chi connectivity index (χ2n) is 9.62. The Hall–Kier alpha value is -2.18. The molecule has 0 bridgehead atoms. The molecular formula is C27H34BrN3O2. The minimum absolute atomic E-state index is 0.00977. The number of carbonyl (C=O) groups is 2. The number of carbonyl (C=O) groups excluding carboxylic acids is 2. The van der Waals surface area contributed by atoms with Crippen LogP contribution >= 0.6 is 15.9 Å². The number of hydrogen-bond acceptors (Lipinski definition) is 3. The number of benzene rings is 2. The molecule has 0 spiro atoms. The van der Waals surface area contributed by atoms with Crippen molar-refractivity contribution in [3.05, 3.63) is 69.2 Å². The molecule has 2 heterocycles. The van der Waals surface area contributed by atoms with Crippen molar-refractivity contribution in [3.63, 3.8) is 0 Å². The van der Waals surface area contributed by atoms with Gasteiger partial charge in [0.25, 0.3) is 11.8 Å². The Bertz CT molecular complexity index is 1010. The predicted octanol–water partition coefficient (Wildman–Crippen LogP) is 5.24. The first-order chi connectivity index (χ1) is 15.9. The van der Waals surface area contributed by atoms with E-state index in [2.05, 4.69) is 40.0 Å². The quantitative estimate of drug-likeness (QED) is 0.493. The molecule has 1 saturated heterocycles. The van der Waals surface area contributed by atoms with E-state index < -0.39 is 0 Å². The minimum atomic E-state index is -0.102. The number of likely N-dealkylation sites (tertiary alicyclic amines) is 1. The van der Waals surface area contributed by atoms with Gasteiger partial charge in [-0.05, 0) is 67.1 Å². The van der Waals surface area contributed by atoms with Crippen molar-refractivity contribution in [1.82, 2.24) is 15.1 Å². The Balaban J connectivity index is 1.30. The average molecular weight is 512 g/mol. The molecular weight excluding hydrogens is 478 g/mol. The van der Waals surface area contributed by atoms with Crippen LogP contribution in [0.15, 0.2) is 46.9 Å². The molecule has 4 rings (SSSR count). The SMILES string of the molecule is CC(C)C1CCCCN1CCCNC(=O)c1ccc2c(c1)C(=O)N(Cc1cccc(Br)c1)C2. The largest absolute Gasteiger partial charge is 0.352 e. The van der Waals surface area contributed by atoms with Crippen LogP contribution in [0.25, 0.3) is 0 Å². The number of nitrogens with one attached hydrogen (secondary N) is 1. The van der Waals surface area contributed by atoms with E-state index in [-0.39, 0.29) is 11.8 Å². The number of nitrogens with zero attached hydrogens (tertiary/aromatic N) is 2. The van der Waals surface area contributed by atoms with E-state index >= 15 is 0 Å². The Morgan fingerprint density at radius 3 is 2.82 bits per heavy atom. The van der Waals surface area contributed by atoms with Crippen LogP contribution in [0, 0.1) is 5.92 Å². The van der Waals surface area contributed by atoms with Gasteiger partial charge in [-0.3, -0.25) is 9.59 Å². The first-order valence-electron chi connectivity index (χ1n) is 12.1. The first-order valence-corrected chi connectivity index (χ1v) is 12.9. The Labute approximate surface area is 205 Å². The lowest BCUT2D eigenvalue weighted by atomic mass is 9.92. The third-order valence-electron chi connectivity index (χ3n) is 6.85. The fraction of sp³-hybridized carbons (Fsp3) is 0.481. The van der Waals surface area contributed by atoms with Gasteiger partial charge in [0.05, 0.1) is 0 Å². The monoisotopic (exact) mass is 511 g/mol. The lowest BCUT2D eigenvalue weighted by molar-refractivity contribution is 0.0766. The fourth-order valence-electron chi connectivity index (χ4n) is 5.12. The third-order valence-corrected chi connectivity index (χ3v) is 7.35. The zero-order chi connectivity index (χ0) is 23.4. The van der Waals surface area contributed by atoms with Gasteiger partial charge in [-0.25, -0.2) is 0 Å². The number of hydrogen-bond donors (Lipinski definition) is 1. The van der Waals surface area contributed by atoms with Gasteiger partial charge in [0.2, 0.25) is 0 Å². The van der Waals surface area contributed by atoms with Crippen LogP contribution in [0.4, 0.5) is 0 Å². The van der Waals surface area contributed by atoms with Crippen molar-refractivity contribution in [3.8, 4) is 0 Å². The molecule has 176 valence electrons. The molecule has 1 fully saturated rings. The van der Waals surface area contributed by atoms with E-state index in [4.69, 9.17) is 0 Å². The molecule has 2 aliphatic rings. The highest BCUT2D eigenvalue weighted by molar-refractivity contribution is 9.10. The summed E-state index contributed by atoms with van der Waals surface area (Å²) >= 11 is 3.49. The molecule has 5 nitrogen and oxygen atoms in total. The van der Waals surface area contributed by atoms with Crippen molar-refractivity contribution in [2.75, 3.05) is 19.6 Å². The average Bonchev–Trinajstić information content (AvgIpc) is 3.11. The summed E-state index contributed by atoms with van der Waals surface area (Å²) in [5.41, 5.74) is 3.27. The van der Waals surface area contributed by atoms with Gasteiger partial charge >= 0.3 is 0 Å². The Morgan fingerprint density at radius 1 is 1.18 bits per heavy atom. The highest BCUT2D eigenvalue weighted by Gasteiger charge is 2.28. The molecule has 6 heteroatoms. The molecule has 1 N–H and O–H groups in total. The van der Waals surface area contributed by atoms with Crippen LogP contribution in [0.5, 0.6) is 0 Å². The van der Waals surface area contributed by atoms with Crippen LogP contribution in [0.2, 0.25) is 0 Å². The van der Waals surface area contributed by atoms with E-state index in [9.17, 15) is 9.59 Å². The summed E-state index contributed by atoms with van der Waals surface area (Å²) in [5, 5.41) is 3.05. The number of rotatable bonds is 8. The Morgan fingerprint density at radius 2 is 2.03 bits per heavy atom. The van der Waals surface area contributed by atoms with Crippen molar-refractivity contribution < 1.29 is 9.59 Å². The van der Waals surface area contributed by atoms with Gasteiger partial charge in [-0.1, -0.05) is 54.4 Å². The zero-order valence-corrected chi connectivity index (χ0v) is 21.2. The van der Waals surface area contributed by atoms with E-state index in [1.165, 1.54) is 25.8 Å². The molecule has 1 unspecified atom stereocenters. The van der Waals surface area contributed by atoms with E-state index in [1.807, 2.05) is 41.3 Å². The van der Waals surface area contributed by atoms with Gasteiger partial charge in [-0.2, -0.15) is 0 Å². The van der Waals surface area contributed by atoms with Crippen LogP contribution in [0.1, 0.15) is 71.4 Å². The van der Waals surface area contributed by atoms with Crippen molar-refractivity contribution in [1.29, 1.82) is 0 Å². The highest BCUT2D eigenvalue weighted by Crippen LogP contribution is 2.26. The molecule has 0 radical (unpaired) electrons. The fourth-order valence-corrected chi connectivity index (χ4v) is 5.57. The number of halogens is 1. The van der Waals surface area contributed by atoms with Crippen LogP contribution in [0.3, 0.4) is 0 Å². The summed E-state index contributed by atoms with van der Waals surface area (Å²) in [6.45, 7) is 8.59. The Kier molecular flexibility index (Phi) is 7.86. The summed E-state index contributed by atoms with van der Waals surface area (Å²) in [4.78, 5) is 30.1. The summed E-state index contributed by atoms with van der Waals surface area (Å²) in [6, 6.07) is 14.2. The van der Waals surface area contributed by atoms with Crippen LogP contribution in [-0.2, 0) is 13.1 Å². The van der Waals surface area contributed by atoms with E-state index in [0.29, 0.717) is 42.7 Å². The molecule has 1 atom stereocenters. The van der Waals surface area contributed by atoms with Gasteiger partial charge in [-0.15, -0.1) is 0 Å². The second-order valence-corrected chi connectivity index (χ2v) is 10.5. The molecule has 0 aromatic heterocycles. The summed E-state index contributed by atoms with van der Waals surface area (Å²) < 4.78 is 1.00. The number of fused-ring (bicyclic) bond motifs is 1. The second kappa shape index (κ2) is 10.8. The van der Waals surface area contributed by atoms with Gasteiger partial charge in [0.15, 0.2) is 0 Å². The van der Waals surface area contributed by atoms with Crippen molar-refractivity contribution >= 4 is 27.7 Å². The lowest BCUT2D eigenvalue weighted by Gasteiger charge is -2.38. The third kappa shape index (κ3) is 5.85. The molecule has 0 saturated carbocycles. The maximum Gasteiger partial charge on any atom is 0.254 e. The van der Waals surface area contributed by atoms with E-state index in [1.54, 1.807) is 6.07 Å². The minimum Gasteiger partial charge on any atom is -0.352 e.